The van der Waals surface area contributed by atoms with Gasteiger partial charge < -0.3 is 20.1 Å². The van der Waals surface area contributed by atoms with Crippen LogP contribution in [0.4, 0.5) is 23.7 Å². The van der Waals surface area contributed by atoms with E-state index in [0.29, 0.717) is 19.4 Å². The largest absolute Gasteiger partial charge is 0.444 e. The summed E-state index contributed by atoms with van der Waals surface area (Å²) in [6.07, 6.45) is 0.650. The second-order valence-electron chi connectivity index (χ2n) is 12.8. The van der Waals surface area contributed by atoms with Crippen molar-refractivity contribution >= 4 is 40.1 Å². The monoisotopic (exact) mass is 654 g/mol. The van der Waals surface area contributed by atoms with Gasteiger partial charge >= 0.3 is 6.09 Å². The highest BCUT2D eigenvalue weighted by Crippen LogP contribution is 2.43. The first kappa shape index (κ1) is 32.9. The van der Waals surface area contributed by atoms with Crippen LogP contribution in [-0.2, 0) is 11.3 Å². The van der Waals surface area contributed by atoms with E-state index in [1.54, 1.807) is 25.7 Å². The van der Waals surface area contributed by atoms with E-state index in [1.807, 2.05) is 0 Å². The molecule has 3 heterocycles. The van der Waals surface area contributed by atoms with Crippen molar-refractivity contribution in [1.82, 2.24) is 25.2 Å². The lowest BCUT2D eigenvalue weighted by atomic mass is 10.0. The first-order valence-corrected chi connectivity index (χ1v) is 15.4. The maximum Gasteiger partial charge on any atom is 0.407 e. The third kappa shape index (κ3) is 7.00. The molecule has 4 aromatic rings. The van der Waals surface area contributed by atoms with Gasteiger partial charge in [-0.25, -0.2) is 27.5 Å². The number of aromatic nitrogens is 3. The molecule has 2 aromatic heterocycles. The number of rotatable bonds is 6. The zero-order valence-corrected chi connectivity index (χ0v) is 26.8. The van der Waals surface area contributed by atoms with Gasteiger partial charge in [0.1, 0.15) is 22.5 Å². The van der Waals surface area contributed by atoms with Crippen molar-refractivity contribution in [2.24, 2.45) is 0 Å². The summed E-state index contributed by atoms with van der Waals surface area (Å²) in [6, 6.07) is 6.30. The molecule has 1 saturated heterocycles. The number of fused-ring (bicyclic) bond motifs is 1. The predicted octanol–water partition coefficient (Wildman–Crippen LogP) is 6.70. The number of hydrogen-bond acceptors (Lipinski definition) is 7. The number of amides is 2. The Hall–Kier alpha value is -4.48. The minimum absolute atomic E-state index is 0.0204. The highest BCUT2D eigenvalue weighted by atomic mass is 32.1. The van der Waals surface area contributed by atoms with Crippen molar-refractivity contribution in [2.45, 2.75) is 71.2 Å². The fourth-order valence-electron chi connectivity index (χ4n) is 5.30. The molecule has 1 atom stereocenters. The third-order valence-electron chi connectivity index (χ3n) is 7.21. The maximum absolute atomic E-state index is 15.9. The van der Waals surface area contributed by atoms with Crippen molar-refractivity contribution < 1.29 is 32.6 Å². The van der Waals surface area contributed by atoms with E-state index in [4.69, 9.17) is 11.3 Å². The number of ether oxygens (including phenoxy) is 1. The fourth-order valence-corrected chi connectivity index (χ4v) is 6.46. The average Bonchev–Trinajstić information content (AvgIpc) is 3.57. The number of likely N-dealkylation sites (tertiary alicyclic amines) is 1. The van der Waals surface area contributed by atoms with Gasteiger partial charge in [0, 0.05) is 35.1 Å². The second-order valence-corrected chi connectivity index (χ2v) is 13.9. The molecule has 1 aliphatic heterocycles. The Morgan fingerprint density at radius 2 is 1.87 bits per heavy atom. The van der Waals surface area contributed by atoms with Gasteiger partial charge in [0.15, 0.2) is 11.6 Å². The number of hydrogen-bond donors (Lipinski definition) is 2. The zero-order valence-electron chi connectivity index (χ0n) is 25.9. The molecular formula is C32H33F3N6O4S. The van der Waals surface area contributed by atoms with Crippen LogP contribution in [0.1, 0.15) is 57.1 Å². The molecule has 0 aliphatic carbocycles. The van der Waals surface area contributed by atoms with Crippen LogP contribution in [0, 0.1) is 24.0 Å². The molecule has 242 valence electrons. The molecule has 14 heteroatoms. The summed E-state index contributed by atoms with van der Waals surface area (Å²) in [4.78, 5) is 31.2. The van der Waals surface area contributed by atoms with Gasteiger partial charge in [-0.1, -0.05) is 17.3 Å². The standard InChI is InChI=1S/C32H33F3N6O4S/c1-31(2,3)45-30(43)37-18-8-7-11-40(15-18)29(42)24-14-19(17-9-10-22(36-6)21(33)12-17)28(46-24)20-13-23-27(26(35)25(20)34)41(39-38-23)16-32(4,5)44/h9-10,12-14,18,44H,7-8,11,15-16H2,1-5H3,(H,37,43)/t18-/m1/s1. The molecular weight excluding hydrogens is 621 g/mol. The van der Waals surface area contributed by atoms with Crippen LogP contribution >= 0.6 is 11.3 Å². The van der Waals surface area contributed by atoms with E-state index in [0.717, 1.165) is 22.1 Å². The summed E-state index contributed by atoms with van der Waals surface area (Å²) >= 11 is 0.908. The van der Waals surface area contributed by atoms with Crippen molar-refractivity contribution in [1.29, 1.82) is 0 Å². The molecule has 0 spiro atoms. The summed E-state index contributed by atoms with van der Waals surface area (Å²) < 4.78 is 52.7. The normalized spacial score (nSPS) is 15.6. The van der Waals surface area contributed by atoms with Crippen LogP contribution < -0.4 is 5.32 Å². The van der Waals surface area contributed by atoms with Crippen LogP contribution in [0.5, 0.6) is 0 Å². The van der Waals surface area contributed by atoms with Gasteiger partial charge in [-0.05, 0) is 71.2 Å². The van der Waals surface area contributed by atoms with Crippen LogP contribution in [-0.4, -0.2) is 67.3 Å². The summed E-state index contributed by atoms with van der Waals surface area (Å²) in [7, 11) is 0. The number of benzene rings is 2. The van der Waals surface area contributed by atoms with Gasteiger partial charge in [0.05, 0.1) is 23.6 Å². The van der Waals surface area contributed by atoms with E-state index in [1.165, 1.54) is 38.1 Å². The molecule has 0 radical (unpaired) electrons. The Kier molecular flexibility index (Phi) is 8.85. The summed E-state index contributed by atoms with van der Waals surface area (Å²) in [5.41, 5.74) is -2.10. The SMILES string of the molecule is [C-]#[N+]c1ccc(-c2cc(C(=O)N3CCC[C@@H](NC(=O)OC(C)(C)C)C3)sc2-c2cc3nnn(CC(C)(C)O)c3c(F)c2F)cc1F. The Balaban J connectivity index is 1.55. The summed E-state index contributed by atoms with van der Waals surface area (Å²) in [6.45, 7) is 15.9. The number of piperidine rings is 1. The molecule has 1 aliphatic rings. The Morgan fingerprint density at radius 1 is 1.13 bits per heavy atom. The number of carbonyl (C=O) groups excluding carboxylic acids is 2. The molecule has 46 heavy (non-hydrogen) atoms. The number of halogens is 3. The molecule has 1 fully saturated rings. The summed E-state index contributed by atoms with van der Waals surface area (Å²) in [5.74, 6) is -3.67. The Morgan fingerprint density at radius 3 is 2.52 bits per heavy atom. The number of nitrogens with one attached hydrogen (secondary N) is 1. The average molecular weight is 655 g/mol. The minimum atomic E-state index is -1.28. The number of thiophene rings is 1. The van der Waals surface area contributed by atoms with Crippen LogP contribution in [0.2, 0.25) is 0 Å². The van der Waals surface area contributed by atoms with E-state index in [2.05, 4.69) is 20.5 Å². The smallest absolute Gasteiger partial charge is 0.407 e. The molecule has 0 saturated carbocycles. The summed E-state index contributed by atoms with van der Waals surface area (Å²) in [5, 5.41) is 20.9. The maximum atomic E-state index is 15.9. The highest BCUT2D eigenvalue weighted by Gasteiger charge is 2.31. The molecule has 2 aromatic carbocycles. The topological polar surface area (TPSA) is 114 Å². The van der Waals surface area contributed by atoms with Gasteiger partial charge in [-0.3, -0.25) is 4.79 Å². The van der Waals surface area contributed by atoms with Crippen molar-refractivity contribution in [3.05, 3.63) is 64.1 Å². The number of carbonyl (C=O) groups is 2. The van der Waals surface area contributed by atoms with E-state index < -0.39 is 40.7 Å². The van der Waals surface area contributed by atoms with Crippen LogP contribution in [0.3, 0.4) is 0 Å². The fraction of sp³-hybridized carbons (Fsp3) is 0.406. The quantitative estimate of drug-likeness (QED) is 0.224. The lowest BCUT2D eigenvalue weighted by Crippen LogP contribution is -2.50. The predicted molar refractivity (Wildman–Crippen MR) is 167 cm³/mol. The van der Waals surface area contributed by atoms with E-state index in [-0.39, 0.29) is 62.3 Å². The lowest BCUT2D eigenvalue weighted by molar-refractivity contribution is 0.0452. The Labute approximate surface area is 267 Å². The minimum Gasteiger partial charge on any atom is -0.444 e. The molecule has 2 amide bonds. The number of nitrogens with zero attached hydrogens (tertiary/aromatic N) is 5. The van der Waals surface area contributed by atoms with Crippen molar-refractivity contribution in [2.75, 3.05) is 13.1 Å². The van der Waals surface area contributed by atoms with Crippen molar-refractivity contribution in [3.63, 3.8) is 0 Å². The van der Waals surface area contributed by atoms with Crippen molar-refractivity contribution in [3.8, 4) is 21.6 Å². The van der Waals surface area contributed by atoms with Gasteiger partial charge in [-0.15, -0.1) is 16.4 Å². The van der Waals surface area contributed by atoms with Crippen LogP contribution in [0.25, 0.3) is 37.4 Å². The molecule has 10 nitrogen and oxygen atoms in total. The first-order chi connectivity index (χ1) is 21.5. The lowest BCUT2D eigenvalue weighted by Gasteiger charge is -2.33. The van der Waals surface area contributed by atoms with Crippen LogP contribution in [0.15, 0.2) is 30.3 Å². The third-order valence-corrected chi connectivity index (χ3v) is 8.37. The van der Waals surface area contributed by atoms with E-state index in [9.17, 15) is 19.1 Å². The second kappa shape index (κ2) is 12.4. The highest BCUT2D eigenvalue weighted by molar-refractivity contribution is 7.18. The van der Waals surface area contributed by atoms with Gasteiger partial charge in [-0.2, -0.15) is 0 Å². The number of alkyl carbamates (subject to hydrolysis) is 1. The molecule has 5 rings (SSSR count). The van der Waals surface area contributed by atoms with Gasteiger partial charge in [0.2, 0.25) is 5.69 Å². The zero-order chi connectivity index (χ0) is 33.6. The van der Waals surface area contributed by atoms with E-state index >= 15 is 8.78 Å². The van der Waals surface area contributed by atoms with Gasteiger partial charge in [0.25, 0.3) is 5.91 Å². The molecule has 0 unspecified atom stereocenters. The molecule has 0 bridgehead atoms. The number of aliphatic hydroxyl groups is 1. The molecule has 2 N–H and O–H groups in total. The first-order valence-electron chi connectivity index (χ1n) is 14.6. The Bertz CT molecular complexity index is 1870.